The Morgan fingerprint density at radius 1 is 0.913 bits per heavy atom. The van der Waals surface area contributed by atoms with Gasteiger partial charge in [-0.15, -0.1) is 0 Å². The van der Waals surface area contributed by atoms with E-state index in [0.29, 0.717) is 11.3 Å². The van der Waals surface area contributed by atoms with Gasteiger partial charge in [-0.3, -0.25) is 4.72 Å². The third-order valence-corrected chi connectivity index (χ3v) is 5.48. The van der Waals surface area contributed by atoms with Crippen molar-refractivity contribution in [2.45, 2.75) is 4.90 Å². The van der Waals surface area contributed by atoms with Gasteiger partial charge in [0, 0.05) is 9.86 Å². The van der Waals surface area contributed by atoms with Crippen LogP contribution in [0, 0.1) is 11.3 Å². The maximum absolute atomic E-state index is 12.5. The molecule has 0 saturated carbocycles. The summed E-state index contributed by atoms with van der Waals surface area (Å²) in [5.74, 6) is 0. The second kappa shape index (κ2) is 6.03. The number of nitrogens with zero attached hydrogens (tertiary/aromatic N) is 1. The van der Waals surface area contributed by atoms with E-state index in [0.717, 1.165) is 15.2 Å². The Labute approximate surface area is 142 Å². The number of nitriles is 1. The van der Waals surface area contributed by atoms with Crippen LogP contribution in [-0.2, 0) is 10.0 Å². The maximum atomic E-state index is 12.5. The van der Waals surface area contributed by atoms with Gasteiger partial charge in [0.25, 0.3) is 10.0 Å². The first-order chi connectivity index (χ1) is 11.0. The number of sulfonamides is 1. The van der Waals surface area contributed by atoms with Crippen LogP contribution in [0.25, 0.3) is 10.8 Å². The zero-order valence-corrected chi connectivity index (χ0v) is 14.2. The predicted octanol–water partition coefficient (Wildman–Crippen LogP) is 4.27. The smallest absolute Gasteiger partial charge is 0.261 e. The summed E-state index contributed by atoms with van der Waals surface area (Å²) in [6.07, 6.45) is 0. The van der Waals surface area contributed by atoms with Crippen LogP contribution in [0.5, 0.6) is 0 Å². The van der Waals surface area contributed by atoms with E-state index in [9.17, 15) is 8.42 Å². The molecule has 0 spiro atoms. The Bertz CT molecular complexity index is 1020. The lowest BCUT2D eigenvalue weighted by Crippen LogP contribution is -2.13. The molecule has 6 heteroatoms. The number of fused-ring (bicyclic) bond motifs is 1. The van der Waals surface area contributed by atoms with Crippen LogP contribution in [0.4, 0.5) is 5.69 Å². The lowest BCUT2D eigenvalue weighted by molar-refractivity contribution is 0.601. The average Bonchev–Trinajstić information content (AvgIpc) is 2.58. The fourth-order valence-corrected chi connectivity index (χ4v) is 3.82. The first-order valence-electron chi connectivity index (χ1n) is 6.71. The number of hydrogen-bond acceptors (Lipinski definition) is 3. The molecule has 0 fully saturated rings. The van der Waals surface area contributed by atoms with Gasteiger partial charge in [-0.05, 0) is 41.8 Å². The highest BCUT2D eigenvalue weighted by Crippen LogP contribution is 2.31. The first-order valence-corrected chi connectivity index (χ1v) is 8.99. The number of nitrogens with one attached hydrogen (secondary N) is 1. The Morgan fingerprint density at radius 3 is 2.22 bits per heavy atom. The molecule has 0 radical (unpaired) electrons. The zero-order valence-electron chi connectivity index (χ0n) is 11.8. The molecule has 0 amide bonds. The molecular weight excluding hydrogens is 376 g/mol. The van der Waals surface area contributed by atoms with Gasteiger partial charge < -0.3 is 0 Å². The molecule has 0 atom stereocenters. The lowest BCUT2D eigenvalue weighted by Gasteiger charge is -2.11. The highest BCUT2D eigenvalue weighted by atomic mass is 79.9. The van der Waals surface area contributed by atoms with E-state index in [4.69, 9.17) is 5.26 Å². The molecule has 114 valence electrons. The molecule has 0 bridgehead atoms. The third-order valence-electron chi connectivity index (χ3n) is 3.41. The number of hydrogen-bond donors (Lipinski definition) is 1. The maximum Gasteiger partial charge on any atom is 0.261 e. The van der Waals surface area contributed by atoms with E-state index in [1.807, 2.05) is 30.3 Å². The molecule has 0 saturated heterocycles. The molecular formula is C17H11BrN2O2S. The van der Waals surface area contributed by atoms with E-state index in [1.165, 1.54) is 24.3 Å². The summed E-state index contributed by atoms with van der Waals surface area (Å²) >= 11 is 3.46. The molecule has 23 heavy (non-hydrogen) atoms. The van der Waals surface area contributed by atoms with Gasteiger partial charge in [0.05, 0.1) is 22.2 Å². The molecule has 3 rings (SSSR count). The second-order valence-corrected chi connectivity index (χ2v) is 7.42. The fraction of sp³-hybridized carbons (Fsp3) is 0. The quantitative estimate of drug-likeness (QED) is 0.730. The predicted molar refractivity (Wildman–Crippen MR) is 93.6 cm³/mol. The van der Waals surface area contributed by atoms with Crippen molar-refractivity contribution in [3.8, 4) is 6.07 Å². The van der Waals surface area contributed by atoms with Crippen molar-refractivity contribution in [1.82, 2.24) is 0 Å². The van der Waals surface area contributed by atoms with Crippen molar-refractivity contribution < 1.29 is 8.42 Å². The summed E-state index contributed by atoms with van der Waals surface area (Å²) in [5.41, 5.74) is 0.922. The van der Waals surface area contributed by atoms with Gasteiger partial charge in [0.1, 0.15) is 0 Å². The Kier molecular flexibility index (Phi) is 4.07. The van der Waals surface area contributed by atoms with Crippen molar-refractivity contribution >= 4 is 42.4 Å². The molecule has 0 heterocycles. The van der Waals surface area contributed by atoms with E-state index in [2.05, 4.69) is 20.7 Å². The van der Waals surface area contributed by atoms with E-state index in [1.54, 1.807) is 12.1 Å². The zero-order chi connectivity index (χ0) is 16.4. The molecule has 1 N–H and O–H groups in total. The third kappa shape index (κ3) is 3.07. The van der Waals surface area contributed by atoms with Gasteiger partial charge in [0.15, 0.2) is 0 Å². The minimum Gasteiger partial charge on any atom is -0.279 e. The Morgan fingerprint density at radius 2 is 1.57 bits per heavy atom. The topological polar surface area (TPSA) is 70.0 Å². The van der Waals surface area contributed by atoms with Crippen LogP contribution in [0.15, 0.2) is 70.0 Å². The molecule has 0 unspecified atom stereocenters. The minimum atomic E-state index is -3.72. The summed E-state index contributed by atoms with van der Waals surface area (Å²) in [4.78, 5) is 0.114. The molecule has 0 aliphatic rings. The molecule has 0 aliphatic heterocycles. The van der Waals surface area contributed by atoms with E-state index >= 15 is 0 Å². The summed E-state index contributed by atoms with van der Waals surface area (Å²) in [7, 11) is -3.72. The number of anilines is 1. The number of halogens is 1. The first kappa shape index (κ1) is 15.5. The van der Waals surface area contributed by atoms with Crippen molar-refractivity contribution in [2.24, 2.45) is 0 Å². The largest absolute Gasteiger partial charge is 0.279 e. The van der Waals surface area contributed by atoms with Gasteiger partial charge in [0.2, 0.25) is 0 Å². The van der Waals surface area contributed by atoms with Crippen LogP contribution in [0.3, 0.4) is 0 Å². The SMILES string of the molecule is N#Cc1ccc(S(=O)(=O)Nc2ccc(Br)c3ccccc23)cc1. The standard InChI is InChI=1S/C17H11BrN2O2S/c18-16-9-10-17(15-4-2-1-3-14(15)16)20-23(21,22)13-7-5-12(11-19)6-8-13/h1-10,20H. The normalized spacial score (nSPS) is 11.1. The highest BCUT2D eigenvalue weighted by molar-refractivity contribution is 9.10. The van der Waals surface area contributed by atoms with Crippen LogP contribution in [0.1, 0.15) is 5.56 Å². The summed E-state index contributed by atoms with van der Waals surface area (Å²) < 4.78 is 28.6. The summed E-state index contributed by atoms with van der Waals surface area (Å²) in [6, 6.07) is 18.8. The highest BCUT2D eigenvalue weighted by Gasteiger charge is 2.16. The number of benzene rings is 3. The van der Waals surface area contributed by atoms with Gasteiger partial charge in [-0.25, -0.2) is 8.42 Å². The van der Waals surface area contributed by atoms with Crippen LogP contribution < -0.4 is 4.72 Å². The summed E-state index contributed by atoms with van der Waals surface area (Å²) in [5, 5.41) is 10.5. The van der Waals surface area contributed by atoms with Crippen molar-refractivity contribution in [2.75, 3.05) is 4.72 Å². The fourth-order valence-electron chi connectivity index (χ4n) is 2.26. The lowest BCUT2D eigenvalue weighted by atomic mass is 10.1. The van der Waals surface area contributed by atoms with Crippen molar-refractivity contribution in [3.63, 3.8) is 0 Å². The Balaban J connectivity index is 2.04. The molecule has 3 aromatic rings. The summed E-state index contributed by atoms with van der Waals surface area (Å²) in [6.45, 7) is 0. The van der Waals surface area contributed by atoms with Crippen LogP contribution in [0.2, 0.25) is 0 Å². The van der Waals surface area contributed by atoms with Gasteiger partial charge in [-0.2, -0.15) is 5.26 Å². The molecule has 4 nitrogen and oxygen atoms in total. The van der Waals surface area contributed by atoms with Crippen molar-refractivity contribution in [1.29, 1.82) is 5.26 Å². The van der Waals surface area contributed by atoms with Crippen LogP contribution in [-0.4, -0.2) is 8.42 Å². The minimum absolute atomic E-state index is 0.114. The average molecular weight is 387 g/mol. The van der Waals surface area contributed by atoms with E-state index < -0.39 is 10.0 Å². The van der Waals surface area contributed by atoms with Crippen molar-refractivity contribution in [3.05, 3.63) is 70.7 Å². The van der Waals surface area contributed by atoms with Crippen LogP contribution >= 0.6 is 15.9 Å². The molecule has 3 aromatic carbocycles. The van der Waals surface area contributed by atoms with Gasteiger partial charge >= 0.3 is 0 Å². The Hall–Kier alpha value is -2.36. The monoisotopic (exact) mass is 386 g/mol. The molecule has 0 aromatic heterocycles. The van der Waals surface area contributed by atoms with Gasteiger partial charge in [-0.1, -0.05) is 40.2 Å². The second-order valence-electron chi connectivity index (χ2n) is 4.88. The number of rotatable bonds is 3. The van der Waals surface area contributed by atoms with E-state index in [-0.39, 0.29) is 4.90 Å². The molecule has 0 aliphatic carbocycles.